The normalized spacial score (nSPS) is 15.6. The lowest BCUT2D eigenvalue weighted by molar-refractivity contribution is -0.119. The lowest BCUT2D eigenvalue weighted by Crippen LogP contribution is -2.05. The number of benzene rings is 1. The molecule has 1 aromatic heterocycles. The second-order valence-electron chi connectivity index (χ2n) is 4.50. The van der Waals surface area contributed by atoms with Crippen molar-refractivity contribution in [1.82, 2.24) is 9.78 Å². The Bertz CT molecular complexity index is 552. The van der Waals surface area contributed by atoms with E-state index < -0.39 is 0 Å². The largest absolute Gasteiger partial charge is 0.299 e. The van der Waals surface area contributed by atoms with Crippen molar-refractivity contribution in [2.45, 2.75) is 19.3 Å². The molecule has 3 heteroatoms. The molecule has 1 aromatic carbocycles. The average molecular weight is 214 g/mol. The molecule has 0 spiro atoms. The Hall–Kier alpha value is -1.64. The summed E-state index contributed by atoms with van der Waals surface area (Å²) in [7, 11) is 1.92. The first-order chi connectivity index (χ1) is 7.75. The highest BCUT2D eigenvalue weighted by Gasteiger charge is 2.30. The summed E-state index contributed by atoms with van der Waals surface area (Å²) in [5, 5.41) is 5.55. The molecule has 3 nitrogen and oxygen atoms in total. The maximum atomic E-state index is 11.8. The number of hydrogen-bond acceptors (Lipinski definition) is 2. The molecule has 1 heterocycles. The highest BCUT2D eigenvalue weighted by molar-refractivity contribution is 5.90. The fourth-order valence-corrected chi connectivity index (χ4v) is 2.13. The van der Waals surface area contributed by atoms with Gasteiger partial charge in [0.25, 0.3) is 0 Å². The van der Waals surface area contributed by atoms with Crippen molar-refractivity contribution in [2.24, 2.45) is 13.0 Å². The fraction of sp³-hybridized carbons (Fsp3) is 0.385. The molecule has 2 aromatic rings. The monoisotopic (exact) mass is 214 g/mol. The van der Waals surface area contributed by atoms with Crippen LogP contribution in [0.4, 0.5) is 0 Å². The van der Waals surface area contributed by atoms with E-state index in [2.05, 4.69) is 5.10 Å². The molecule has 1 saturated carbocycles. The minimum Gasteiger partial charge on any atom is -0.299 e. The maximum absolute atomic E-state index is 11.8. The van der Waals surface area contributed by atoms with Crippen LogP contribution in [0.15, 0.2) is 24.3 Å². The van der Waals surface area contributed by atoms with Crippen LogP contribution in [0.5, 0.6) is 0 Å². The van der Waals surface area contributed by atoms with Crippen LogP contribution in [0.25, 0.3) is 10.9 Å². The standard InChI is InChI=1S/C13H14N2O/c1-15-12-5-3-2-4-10(12)11(14-15)8-13(16)9-6-7-9/h2-5,9H,6-8H2,1H3. The molecule has 0 unspecified atom stereocenters. The van der Waals surface area contributed by atoms with Crippen LogP contribution in [0.3, 0.4) is 0 Å². The van der Waals surface area contributed by atoms with Gasteiger partial charge in [-0.05, 0) is 18.9 Å². The van der Waals surface area contributed by atoms with Gasteiger partial charge in [-0.25, -0.2) is 0 Å². The van der Waals surface area contributed by atoms with Crippen molar-refractivity contribution in [1.29, 1.82) is 0 Å². The van der Waals surface area contributed by atoms with Crippen molar-refractivity contribution in [3.05, 3.63) is 30.0 Å². The molecule has 0 saturated heterocycles. The number of hydrogen-bond donors (Lipinski definition) is 0. The van der Waals surface area contributed by atoms with Gasteiger partial charge in [0.2, 0.25) is 0 Å². The first-order valence-corrected chi connectivity index (χ1v) is 5.69. The van der Waals surface area contributed by atoms with Crippen LogP contribution in [-0.2, 0) is 18.3 Å². The van der Waals surface area contributed by atoms with E-state index in [4.69, 9.17) is 0 Å². The Morgan fingerprint density at radius 1 is 1.44 bits per heavy atom. The molecule has 3 rings (SSSR count). The van der Waals surface area contributed by atoms with E-state index in [1.54, 1.807) is 0 Å². The first-order valence-electron chi connectivity index (χ1n) is 5.69. The third-order valence-corrected chi connectivity index (χ3v) is 3.21. The number of aromatic nitrogens is 2. The number of nitrogens with zero attached hydrogens (tertiary/aromatic N) is 2. The number of rotatable bonds is 3. The summed E-state index contributed by atoms with van der Waals surface area (Å²) in [6.45, 7) is 0. The second-order valence-corrected chi connectivity index (χ2v) is 4.50. The summed E-state index contributed by atoms with van der Waals surface area (Å²) in [5.74, 6) is 0.671. The molecule has 0 amide bonds. The average Bonchev–Trinajstić information content (AvgIpc) is 3.08. The van der Waals surface area contributed by atoms with E-state index in [0.29, 0.717) is 18.1 Å². The van der Waals surface area contributed by atoms with E-state index in [9.17, 15) is 4.79 Å². The number of ketones is 1. The van der Waals surface area contributed by atoms with Gasteiger partial charge in [0, 0.05) is 18.4 Å². The van der Waals surface area contributed by atoms with E-state index in [1.165, 1.54) is 0 Å². The van der Waals surface area contributed by atoms with Gasteiger partial charge in [0.05, 0.1) is 17.6 Å². The smallest absolute Gasteiger partial charge is 0.142 e. The molecule has 0 atom stereocenters. The summed E-state index contributed by atoms with van der Waals surface area (Å²) in [6.07, 6.45) is 2.64. The summed E-state index contributed by atoms with van der Waals surface area (Å²) < 4.78 is 1.85. The lowest BCUT2D eigenvalue weighted by atomic mass is 10.1. The van der Waals surface area contributed by atoms with Crippen molar-refractivity contribution < 1.29 is 4.79 Å². The first kappa shape index (κ1) is 9.58. The van der Waals surface area contributed by atoms with Gasteiger partial charge in [-0.3, -0.25) is 9.48 Å². The SMILES string of the molecule is Cn1nc(CC(=O)C2CC2)c2ccccc21. The Morgan fingerprint density at radius 3 is 2.94 bits per heavy atom. The van der Waals surface area contributed by atoms with Gasteiger partial charge in [-0.15, -0.1) is 0 Å². The van der Waals surface area contributed by atoms with E-state index in [1.807, 2.05) is 36.0 Å². The highest BCUT2D eigenvalue weighted by atomic mass is 16.1. The zero-order valence-corrected chi connectivity index (χ0v) is 9.31. The molecular formula is C13H14N2O. The van der Waals surface area contributed by atoms with Crippen molar-refractivity contribution in [2.75, 3.05) is 0 Å². The topological polar surface area (TPSA) is 34.9 Å². The molecule has 0 radical (unpaired) electrons. The predicted molar refractivity (Wildman–Crippen MR) is 62.1 cm³/mol. The van der Waals surface area contributed by atoms with E-state index in [0.717, 1.165) is 29.4 Å². The molecule has 1 aliphatic rings. The number of Topliss-reactive ketones (excluding diaryl/α,β-unsaturated/α-hetero) is 1. The quantitative estimate of drug-likeness (QED) is 0.784. The summed E-state index contributed by atoms with van der Waals surface area (Å²) in [5.41, 5.74) is 2.02. The molecular weight excluding hydrogens is 200 g/mol. The van der Waals surface area contributed by atoms with Crippen LogP contribution >= 0.6 is 0 Å². The van der Waals surface area contributed by atoms with Gasteiger partial charge >= 0.3 is 0 Å². The predicted octanol–water partition coefficient (Wildman–Crippen LogP) is 2.09. The summed E-state index contributed by atoms with van der Waals surface area (Å²) in [6, 6.07) is 8.07. The minimum absolute atomic E-state index is 0.320. The fourth-order valence-electron chi connectivity index (χ4n) is 2.13. The number of fused-ring (bicyclic) bond motifs is 1. The molecule has 0 N–H and O–H groups in total. The van der Waals surface area contributed by atoms with Crippen LogP contribution < -0.4 is 0 Å². The number of para-hydroxylation sites is 1. The third-order valence-electron chi connectivity index (χ3n) is 3.21. The minimum atomic E-state index is 0.320. The second kappa shape index (κ2) is 3.44. The number of aryl methyl sites for hydroxylation is 1. The van der Waals surface area contributed by atoms with Gasteiger partial charge in [0.1, 0.15) is 5.78 Å². The Balaban J connectivity index is 1.99. The number of carbonyl (C=O) groups excluding carboxylic acids is 1. The van der Waals surface area contributed by atoms with Crippen molar-refractivity contribution >= 4 is 16.7 Å². The van der Waals surface area contributed by atoms with Gasteiger partial charge in [0.15, 0.2) is 0 Å². The highest BCUT2D eigenvalue weighted by Crippen LogP contribution is 2.31. The molecule has 1 fully saturated rings. The number of carbonyl (C=O) groups is 1. The van der Waals surface area contributed by atoms with E-state index in [-0.39, 0.29) is 0 Å². The Morgan fingerprint density at radius 2 is 2.19 bits per heavy atom. The van der Waals surface area contributed by atoms with Crippen LogP contribution in [-0.4, -0.2) is 15.6 Å². The lowest BCUT2D eigenvalue weighted by Gasteiger charge is -1.95. The van der Waals surface area contributed by atoms with Crippen molar-refractivity contribution in [3.8, 4) is 0 Å². The van der Waals surface area contributed by atoms with Crippen molar-refractivity contribution in [3.63, 3.8) is 0 Å². The van der Waals surface area contributed by atoms with Crippen LogP contribution in [0.2, 0.25) is 0 Å². The summed E-state index contributed by atoms with van der Waals surface area (Å²) in [4.78, 5) is 11.8. The van der Waals surface area contributed by atoms with Gasteiger partial charge in [-0.1, -0.05) is 18.2 Å². The summed E-state index contributed by atoms with van der Waals surface area (Å²) >= 11 is 0. The van der Waals surface area contributed by atoms with Gasteiger partial charge < -0.3 is 0 Å². The zero-order chi connectivity index (χ0) is 11.1. The molecule has 82 valence electrons. The molecule has 16 heavy (non-hydrogen) atoms. The van der Waals surface area contributed by atoms with Crippen LogP contribution in [0, 0.1) is 5.92 Å². The third kappa shape index (κ3) is 1.52. The Kier molecular flexibility index (Phi) is 2.06. The molecule has 0 bridgehead atoms. The molecule has 0 aliphatic heterocycles. The zero-order valence-electron chi connectivity index (χ0n) is 9.31. The maximum Gasteiger partial charge on any atom is 0.142 e. The van der Waals surface area contributed by atoms with Gasteiger partial charge in [-0.2, -0.15) is 5.10 Å². The molecule has 1 aliphatic carbocycles. The van der Waals surface area contributed by atoms with Crippen LogP contribution in [0.1, 0.15) is 18.5 Å². The van der Waals surface area contributed by atoms with E-state index >= 15 is 0 Å². The Labute approximate surface area is 94.1 Å².